The van der Waals surface area contributed by atoms with Gasteiger partial charge in [-0.25, -0.2) is 0 Å². The first kappa shape index (κ1) is 6.89. The van der Waals surface area contributed by atoms with Crippen LogP contribution in [0.15, 0.2) is 9.45 Å². The van der Waals surface area contributed by atoms with E-state index in [0.717, 1.165) is 29.9 Å². The van der Waals surface area contributed by atoms with Crippen molar-refractivity contribution in [2.24, 2.45) is 0 Å². The Morgan fingerprint density at radius 1 is 1.50 bits per heavy atom. The van der Waals surface area contributed by atoms with Gasteiger partial charge in [0.15, 0.2) is 0 Å². The van der Waals surface area contributed by atoms with E-state index in [1.54, 1.807) is 4.47 Å². The molecule has 0 aromatic heterocycles. The van der Waals surface area contributed by atoms with E-state index in [2.05, 4.69) is 11.9 Å². The second kappa shape index (κ2) is 3.74. The fraction of sp³-hybridized carbons (Fsp3) is 0.667. The molecule has 2 heteroatoms. The summed E-state index contributed by atoms with van der Waals surface area (Å²) < 4.78 is 1.69. The zero-order chi connectivity index (χ0) is 5.82. The molecule has 46 valence electrons. The first-order valence-electron chi connectivity index (χ1n) is 2.81. The molecule has 1 aliphatic rings. The minimum atomic E-state index is 0.863. The van der Waals surface area contributed by atoms with Crippen LogP contribution < -0.4 is 0 Å². The fourth-order valence-corrected chi connectivity index (χ4v) is 5.81. The first-order valence-corrected chi connectivity index (χ1v) is 7.07. The third kappa shape index (κ3) is 2.37. The molecule has 1 rings (SSSR count). The molecule has 0 atom stereocenters. The molecule has 0 amide bonds. The Hall–Kier alpha value is 0.779. The standard InChI is InChI=1S/C6H10Se2/c1-6-5-7-3-2-4-8-6/h5H,2-4H2,1H3. The molecule has 0 aliphatic carbocycles. The van der Waals surface area contributed by atoms with E-state index >= 15 is 0 Å². The van der Waals surface area contributed by atoms with E-state index in [0.29, 0.717) is 0 Å². The van der Waals surface area contributed by atoms with Gasteiger partial charge >= 0.3 is 63.3 Å². The summed E-state index contributed by atoms with van der Waals surface area (Å²) in [6.45, 7) is 2.28. The van der Waals surface area contributed by atoms with Gasteiger partial charge in [-0.3, -0.25) is 0 Å². The molecule has 0 nitrogen and oxygen atoms in total. The van der Waals surface area contributed by atoms with Crippen molar-refractivity contribution < 1.29 is 0 Å². The molecule has 0 saturated heterocycles. The molecule has 0 radical (unpaired) electrons. The third-order valence-corrected chi connectivity index (χ3v) is 6.17. The second-order valence-corrected chi connectivity index (χ2v) is 6.66. The van der Waals surface area contributed by atoms with E-state index in [-0.39, 0.29) is 0 Å². The normalized spacial score (nSPS) is 21.9. The van der Waals surface area contributed by atoms with Gasteiger partial charge in [0.1, 0.15) is 0 Å². The monoisotopic (exact) mass is 242 g/mol. The predicted molar refractivity (Wildman–Crippen MR) is 39.5 cm³/mol. The second-order valence-electron chi connectivity index (χ2n) is 1.80. The van der Waals surface area contributed by atoms with Crippen LogP contribution in [0, 0.1) is 0 Å². The van der Waals surface area contributed by atoms with E-state index in [4.69, 9.17) is 0 Å². The van der Waals surface area contributed by atoms with Gasteiger partial charge in [-0.1, -0.05) is 0 Å². The number of allylic oxidation sites excluding steroid dienone is 1. The minimum absolute atomic E-state index is 0.863. The Kier molecular flexibility index (Phi) is 3.22. The molecule has 1 heterocycles. The summed E-state index contributed by atoms with van der Waals surface area (Å²) in [7, 11) is 0. The third-order valence-electron chi connectivity index (χ3n) is 0.986. The van der Waals surface area contributed by atoms with Gasteiger partial charge in [0.2, 0.25) is 0 Å². The molecule has 0 fully saturated rings. The Labute approximate surface area is 63.4 Å². The van der Waals surface area contributed by atoms with Crippen molar-refractivity contribution in [1.82, 2.24) is 0 Å². The number of rotatable bonds is 0. The summed E-state index contributed by atoms with van der Waals surface area (Å²) in [6, 6.07) is 0. The van der Waals surface area contributed by atoms with Crippen LogP contribution >= 0.6 is 0 Å². The molecule has 0 N–H and O–H groups in total. The molecule has 0 aromatic carbocycles. The zero-order valence-electron chi connectivity index (χ0n) is 5.02. The van der Waals surface area contributed by atoms with Gasteiger partial charge < -0.3 is 0 Å². The van der Waals surface area contributed by atoms with Crippen LogP contribution in [0.5, 0.6) is 0 Å². The SMILES string of the molecule is CC1=C[Se]CCC[Se]1. The molecular formula is C6H10Se2. The maximum atomic E-state index is 2.47. The van der Waals surface area contributed by atoms with Crippen molar-refractivity contribution >= 4 is 29.9 Å². The van der Waals surface area contributed by atoms with Crippen LogP contribution in [-0.4, -0.2) is 29.9 Å². The quantitative estimate of drug-likeness (QED) is 0.563. The van der Waals surface area contributed by atoms with Gasteiger partial charge in [0, 0.05) is 0 Å². The summed E-state index contributed by atoms with van der Waals surface area (Å²) in [5.41, 5.74) is 0. The van der Waals surface area contributed by atoms with E-state index in [1.807, 2.05) is 0 Å². The summed E-state index contributed by atoms with van der Waals surface area (Å²) >= 11 is 1.74. The van der Waals surface area contributed by atoms with Crippen molar-refractivity contribution in [3.05, 3.63) is 9.45 Å². The van der Waals surface area contributed by atoms with Crippen LogP contribution in [0.1, 0.15) is 13.3 Å². The average molecular weight is 240 g/mol. The predicted octanol–water partition coefficient (Wildman–Crippen LogP) is 1.50. The molecule has 0 aromatic rings. The van der Waals surface area contributed by atoms with Gasteiger partial charge in [-0.05, 0) is 0 Å². The summed E-state index contributed by atoms with van der Waals surface area (Å²) in [6.07, 6.45) is 1.49. The summed E-state index contributed by atoms with van der Waals surface area (Å²) in [5.74, 6) is 0. The van der Waals surface area contributed by atoms with Gasteiger partial charge in [0.25, 0.3) is 0 Å². The van der Waals surface area contributed by atoms with Gasteiger partial charge in [0.05, 0.1) is 0 Å². The van der Waals surface area contributed by atoms with Crippen molar-refractivity contribution in [1.29, 1.82) is 0 Å². The molecule has 0 saturated carbocycles. The fourth-order valence-electron chi connectivity index (χ4n) is 0.586. The van der Waals surface area contributed by atoms with Crippen molar-refractivity contribution in [3.8, 4) is 0 Å². The molecule has 0 bridgehead atoms. The Bertz CT molecular complexity index is 96.7. The maximum absolute atomic E-state index is 2.47. The van der Waals surface area contributed by atoms with Crippen molar-refractivity contribution in [3.63, 3.8) is 0 Å². The topological polar surface area (TPSA) is 0 Å². The number of hydrogen-bond acceptors (Lipinski definition) is 0. The van der Waals surface area contributed by atoms with Crippen molar-refractivity contribution in [2.45, 2.75) is 24.0 Å². The van der Waals surface area contributed by atoms with Crippen molar-refractivity contribution in [2.75, 3.05) is 0 Å². The van der Waals surface area contributed by atoms with Gasteiger partial charge in [-0.2, -0.15) is 0 Å². The Morgan fingerprint density at radius 2 is 2.38 bits per heavy atom. The molecular weight excluding hydrogens is 230 g/mol. The van der Waals surface area contributed by atoms with E-state index in [1.165, 1.54) is 17.1 Å². The molecule has 0 spiro atoms. The molecule has 8 heavy (non-hydrogen) atoms. The van der Waals surface area contributed by atoms with Crippen LogP contribution in [0.4, 0.5) is 0 Å². The van der Waals surface area contributed by atoms with E-state index in [9.17, 15) is 0 Å². The van der Waals surface area contributed by atoms with Crippen LogP contribution in [0.25, 0.3) is 0 Å². The zero-order valence-corrected chi connectivity index (χ0v) is 8.44. The Balaban J connectivity index is 2.36. The summed E-state index contributed by atoms with van der Waals surface area (Å²) in [4.78, 5) is 2.47. The van der Waals surface area contributed by atoms with E-state index < -0.39 is 0 Å². The molecule has 0 unspecified atom stereocenters. The number of hydrogen-bond donors (Lipinski definition) is 0. The first-order chi connectivity index (χ1) is 3.89. The summed E-state index contributed by atoms with van der Waals surface area (Å²) in [5, 5.41) is 2.99. The van der Waals surface area contributed by atoms with Crippen LogP contribution in [0.2, 0.25) is 10.6 Å². The van der Waals surface area contributed by atoms with Crippen LogP contribution in [-0.2, 0) is 0 Å². The average Bonchev–Trinajstić information content (AvgIpc) is 1.94. The van der Waals surface area contributed by atoms with Gasteiger partial charge in [-0.15, -0.1) is 0 Å². The van der Waals surface area contributed by atoms with Crippen LogP contribution in [0.3, 0.4) is 0 Å². The molecule has 1 aliphatic heterocycles. The Morgan fingerprint density at radius 3 is 3.25 bits per heavy atom.